The van der Waals surface area contributed by atoms with Gasteiger partial charge in [-0.15, -0.1) is 6.58 Å². The van der Waals surface area contributed by atoms with E-state index in [4.69, 9.17) is 4.74 Å². The van der Waals surface area contributed by atoms with Gasteiger partial charge in [0, 0.05) is 13.1 Å². The average Bonchev–Trinajstić information content (AvgIpc) is 2.29. The van der Waals surface area contributed by atoms with Crippen LogP contribution in [0.2, 0.25) is 0 Å². The molecule has 0 aliphatic rings. The van der Waals surface area contributed by atoms with Crippen molar-refractivity contribution in [2.45, 2.75) is 13.0 Å². The van der Waals surface area contributed by atoms with E-state index in [1.54, 1.807) is 0 Å². The molecule has 0 heterocycles. The van der Waals surface area contributed by atoms with Crippen molar-refractivity contribution in [1.82, 2.24) is 5.32 Å². The highest BCUT2D eigenvalue weighted by atomic mass is 16.5. The van der Waals surface area contributed by atoms with Crippen LogP contribution in [-0.2, 0) is 11.3 Å². The Kier molecular flexibility index (Phi) is 6.54. The van der Waals surface area contributed by atoms with Crippen LogP contribution in [0.3, 0.4) is 0 Å². The summed E-state index contributed by atoms with van der Waals surface area (Å²) in [5, 5.41) is 3.33. The molecule has 0 fully saturated rings. The molecule has 0 bridgehead atoms. The van der Waals surface area contributed by atoms with Crippen molar-refractivity contribution in [3.8, 4) is 0 Å². The number of rotatable bonds is 8. The Morgan fingerprint density at radius 3 is 2.73 bits per heavy atom. The van der Waals surface area contributed by atoms with Gasteiger partial charge in [-0.1, -0.05) is 36.4 Å². The summed E-state index contributed by atoms with van der Waals surface area (Å²) in [5.74, 6) is 0. The summed E-state index contributed by atoms with van der Waals surface area (Å²) in [6.07, 6.45) is 2.80. The maximum atomic E-state index is 5.38. The zero-order valence-electron chi connectivity index (χ0n) is 9.11. The Labute approximate surface area is 92.0 Å². The van der Waals surface area contributed by atoms with Gasteiger partial charge >= 0.3 is 0 Å². The summed E-state index contributed by atoms with van der Waals surface area (Å²) in [7, 11) is 0. The van der Waals surface area contributed by atoms with Gasteiger partial charge in [0.05, 0.1) is 13.2 Å². The Morgan fingerprint density at radius 2 is 2.00 bits per heavy atom. The van der Waals surface area contributed by atoms with Crippen LogP contribution >= 0.6 is 0 Å². The first-order valence-electron chi connectivity index (χ1n) is 5.37. The molecular weight excluding hydrogens is 186 g/mol. The number of nitrogens with one attached hydrogen (secondary N) is 1. The third-order valence-corrected chi connectivity index (χ3v) is 2.06. The van der Waals surface area contributed by atoms with Crippen LogP contribution in [0.25, 0.3) is 0 Å². The van der Waals surface area contributed by atoms with Crippen LogP contribution in [0.1, 0.15) is 12.0 Å². The fourth-order valence-electron chi connectivity index (χ4n) is 1.24. The van der Waals surface area contributed by atoms with Crippen molar-refractivity contribution in [3.63, 3.8) is 0 Å². The number of hydrogen-bond acceptors (Lipinski definition) is 2. The Morgan fingerprint density at radius 1 is 1.20 bits per heavy atom. The van der Waals surface area contributed by atoms with Crippen molar-refractivity contribution >= 4 is 0 Å². The Bertz CT molecular complexity index is 258. The van der Waals surface area contributed by atoms with Crippen LogP contribution in [0, 0.1) is 0 Å². The van der Waals surface area contributed by atoms with Crippen molar-refractivity contribution in [2.75, 3.05) is 19.8 Å². The van der Waals surface area contributed by atoms with Gasteiger partial charge in [0.2, 0.25) is 0 Å². The summed E-state index contributed by atoms with van der Waals surface area (Å²) < 4.78 is 5.38. The number of hydrogen-bond donors (Lipinski definition) is 1. The topological polar surface area (TPSA) is 21.3 Å². The van der Waals surface area contributed by atoms with Crippen molar-refractivity contribution in [3.05, 3.63) is 48.6 Å². The maximum absolute atomic E-state index is 5.38. The first-order chi connectivity index (χ1) is 7.43. The van der Waals surface area contributed by atoms with E-state index in [-0.39, 0.29) is 0 Å². The molecule has 0 aliphatic carbocycles. The third-order valence-electron chi connectivity index (χ3n) is 2.06. The summed E-state index contributed by atoms with van der Waals surface area (Å²) in [6.45, 7) is 6.98. The zero-order valence-corrected chi connectivity index (χ0v) is 9.11. The lowest BCUT2D eigenvalue weighted by atomic mass is 10.2. The van der Waals surface area contributed by atoms with E-state index in [1.165, 1.54) is 5.56 Å². The predicted molar refractivity (Wildman–Crippen MR) is 63.8 cm³/mol. The lowest BCUT2D eigenvalue weighted by Crippen LogP contribution is -2.19. The van der Waals surface area contributed by atoms with Gasteiger partial charge in [-0.3, -0.25) is 0 Å². The van der Waals surface area contributed by atoms with Crippen molar-refractivity contribution < 1.29 is 4.74 Å². The molecule has 0 amide bonds. The van der Waals surface area contributed by atoms with Crippen LogP contribution in [0.5, 0.6) is 0 Å². The molecule has 0 radical (unpaired) electrons. The summed E-state index contributed by atoms with van der Waals surface area (Å²) in [6, 6.07) is 10.4. The third kappa shape index (κ3) is 6.05. The van der Waals surface area contributed by atoms with E-state index in [1.807, 2.05) is 12.1 Å². The van der Waals surface area contributed by atoms with Crippen molar-refractivity contribution in [1.29, 1.82) is 0 Å². The molecule has 1 rings (SSSR count). The van der Waals surface area contributed by atoms with E-state index in [2.05, 4.69) is 36.2 Å². The van der Waals surface area contributed by atoms with E-state index < -0.39 is 0 Å². The van der Waals surface area contributed by atoms with E-state index in [9.17, 15) is 0 Å². The van der Waals surface area contributed by atoms with Gasteiger partial charge in [-0.2, -0.15) is 0 Å². The van der Waals surface area contributed by atoms with Gasteiger partial charge in [0.25, 0.3) is 0 Å². The van der Waals surface area contributed by atoms with Crippen molar-refractivity contribution in [2.24, 2.45) is 0 Å². The maximum Gasteiger partial charge on any atom is 0.0591 e. The molecule has 1 N–H and O–H groups in total. The van der Waals surface area contributed by atoms with Gasteiger partial charge < -0.3 is 10.1 Å². The molecule has 1 aromatic carbocycles. The molecule has 0 unspecified atom stereocenters. The molecule has 0 aliphatic heterocycles. The quantitative estimate of drug-likeness (QED) is 0.519. The lowest BCUT2D eigenvalue weighted by Gasteiger charge is -2.05. The monoisotopic (exact) mass is 205 g/mol. The zero-order chi connectivity index (χ0) is 10.8. The summed E-state index contributed by atoms with van der Waals surface area (Å²) in [4.78, 5) is 0. The molecule has 0 atom stereocenters. The second-order valence-electron chi connectivity index (χ2n) is 3.35. The highest BCUT2D eigenvalue weighted by Crippen LogP contribution is 1.96. The molecule has 82 valence electrons. The van der Waals surface area contributed by atoms with Gasteiger partial charge in [0.1, 0.15) is 0 Å². The van der Waals surface area contributed by atoms with E-state index in [0.29, 0.717) is 0 Å². The SMILES string of the molecule is C=CCCOCCNCc1ccccc1. The molecule has 15 heavy (non-hydrogen) atoms. The normalized spacial score (nSPS) is 10.1. The van der Waals surface area contributed by atoms with Gasteiger partial charge in [0.15, 0.2) is 0 Å². The van der Waals surface area contributed by atoms with Gasteiger partial charge in [-0.25, -0.2) is 0 Å². The molecule has 2 heteroatoms. The fraction of sp³-hybridized carbons (Fsp3) is 0.385. The molecule has 0 spiro atoms. The molecule has 2 nitrogen and oxygen atoms in total. The first kappa shape index (κ1) is 12.0. The average molecular weight is 205 g/mol. The Balaban J connectivity index is 1.95. The first-order valence-corrected chi connectivity index (χ1v) is 5.37. The molecule has 1 aromatic rings. The van der Waals surface area contributed by atoms with E-state index >= 15 is 0 Å². The standard InChI is InChI=1S/C13H19NO/c1-2-3-10-15-11-9-14-12-13-7-5-4-6-8-13/h2,4-8,14H,1,3,9-12H2. The van der Waals surface area contributed by atoms with E-state index in [0.717, 1.165) is 32.7 Å². The fourth-order valence-corrected chi connectivity index (χ4v) is 1.24. The minimum absolute atomic E-state index is 0.765. The lowest BCUT2D eigenvalue weighted by molar-refractivity contribution is 0.140. The van der Waals surface area contributed by atoms with Crippen LogP contribution < -0.4 is 5.32 Å². The molecule has 0 aromatic heterocycles. The van der Waals surface area contributed by atoms with Gasteiger partial charge in [-0.05, 0) is 12.0 Å². The highest BCUT2D eigenvalue weighted by molar-refractivity contribution is 5.14. The molecule has 0 saturated heterocycles. The summed E-state index contributed by atoms with van der Waals surface area (Å²) in [5.41, 5.74) is 1.31. The second kappa shape index (κ2) is 8.21. The minimum atomic E-state index is 0.765. The predicted octanol–water partition coefficient (Wildman–Crippen LogP) is 2.37. The van der Waals surface area contributed by atoms with Crippen LogP contribution in [0.15, 0.2) is 43.0 Å². The largest absolute Gasteiger partial charge is 0.380 e. The Hall–Kier alpha value is -1.12. The number of benzene rings is 1. The smallest absolute Gasteiger partial charge is 0.0591 e. The molecule has 0 saturated carbocycles. The number of ether oxygens (including phenoxy) is 1. The van der Waals surface area contributed by atoms with Crippen LogP contribution in [0.4, 0.5) is 0 Å². The highest BCUT2D eigenvalue weighted by Gasteiger charge is 1.90. The minimum Gasteiger partial charge on any atom is -0.380 e. The second-order valence-corrected chi connectivity index (χ2v) is 3.35. The van der Waals surface area contributed by atoms with Crippen LogP contribution in [-0.4, -0.2) is 19.8 Å². The summed E-state index contributed by atoms with van der Waals surface area (Å²) >= 11 is 0. The molecular formula is C13H19NO.